The van der Waals surface area contributed by atoms with E-state index in [2.05, 4.69) is 13.1 Å². The van der Waals surface area contributed by atoms with E-state index in [0.717, 1.165) is 21.1 Å². The van der Waals surface area contributed by atoms with Gasteiger partial charge in [-0.15, -0.1) is 0 Å². The molecule has 2 heterocycles. The van der Waals surface area contributed by atoms with Crippen molar-refractivity contribution in [2.75, 3.05) is 0 Å². The normalized spacial score (nSPS) is 15.1. The summed E-state index contributed by atoms with van der Waals surface area (Å²) in [5.41, 5.74) is 1.50. The van der Waals surface area contributed by atoms with Crippen molar-refractivity contribution in [2.45, 2.75) is 13.1 Å². The summed E-state index contributed by atoms with van der Waals surface area (Å²) in [6, 6.07) is 18.1. The van der Waals surface area contributed by atoms with Gasteiger partial charge in [0.05, 0.1) is 22.3 Å². The van der Waals surface area contributed by atoms with Crippen molar-refractivity contribution in [3.8, 4) is 0 Å². The fourth-order valence-electron chi connectivity index (χ4n) is 5.12. The second kappa shape index (κ2) is 6.46. The molecule has 0 aliphatic carbocycles. The second-order valence-corrected chi connectivity index (χ2v) is 13.1. The van der Waals surface area contributed by atoms with Crippen LogP contribution >= 0.6 is 0 Å². The first kappa shape index (κ1) is 19.6. The van der Waals surface area contributed by atoms with Crippen molar-refractivity contribution < 1.29 is 28.7 Å². The van der Waals surface area contributed by atoms with Crippen molar-refractivity contribution in [1.29, 1.82) is 0 Å². The number of cyclic esters (lactones) is 4. The molecular weight excluding hydrogens is 436 g/mol. The smallest absolute Gasteiger partial charge is 0.346 e. The SMILES string of the molecule is C[Si](C)(c1ccc2c3c(cccc13)C(=O)OC2=O)c1ccc2c3c(cccc13)C(=O)OC2=O. The first-order chi connectivity index (χ1) is 15.8. The van der Waals surface area contributed by atoms with Crippen LogP contribution in [0.5, 0.6) is 0 Å². The molecular formula is C26H16O6Si. The summed E-state index contributed by atoms with van der Waals surface area (Å²) in [6.45, 7) is 4.35. The quantitative estimate of drug-likeness (QED) is 0.263. The fraction of sp³-hybridized carbons (Fsp3) is 0.0769. The van der Waals surface area contributed by atoms with Gasteiger partial charge in [-0.05, 0) is 45.4 Å². The van der Waals surface area contributed by atoms with Gasteiger partial charge in [-0.25, -0.2) is 19.2 Å². The van der Waals surface area contributed by atoms with Crippen LogP contribution < -0.4 is 10.4 Å². The topological polar surface area (TPSA) is 86.7 Å². The Kier molecular flexibility index (Phi) is 3.83. The van der Waals surface area contributed by atoms with Gasteiger partial charge in [0.25, 0.3) is 0 Å². The van der Waals surface area contributed by atoms with Gasteiger partial charge >= 0.3 is 23.9 Å². The number of hydrogen-bond acceptors (Lipinski definition) is 6. The van der Waals surface area contributed by atoms with Gasteiger partial charge in [-0.1, -0.05) is 49.5 Å². The molecule has 4 aromatic rings. The lowest BCUT2D eigenvalue weighted by atomic mass is 9.97. The van der Waals surface area contributed by atoms with E-state index in [1.54, 1.807) is 36.4 Å². The molecule has 2 aliphatic rings. The molecule has 6 nitrogen and oxygen atoms in total. The lowest BCUT2D eigenvalue weighted by Gasteiger charge is -2.29. The summed E-state index contributed by atoms with van der Waals surface area (Å²) < 4.78 is 9.79. The molecule has 6 rings (SSSR count). The molecule has 160 valence electrons. The van der Waals surface area contributed by atoms with Gasteiger partial charge in [0.15, 0.2) is 0 Å². The predicted octanol–water partition coefficient (Wildman–Crippen LogP) is 3.44. The lowest BCUT2D eigenvalue weighted by molar-refractivity contribution is 0.0373. The molecule has 33 heavy (non-hydrogen) atoms. The molecule has 0 saturated carbocycles. The minimum absolute atomic E-state index is 0.374. The Labute approximate surface area is 188 Å². The number of ether oxygens (including phenoxy) is 2. The molecule has 0 unspecified atom stereocenters. The van der Waals surface area contributed by atoms with Gasteiger partial charge in [-0.3, -0.25) is 0 Å². The number of benzene rings is 4. The highest BCUT2D eigenvalue weighted by Crippen LogP contribution is 2.32. The van der Waals surface area contributed by atoms with Crippen LogP contribution in [0.2, 0.25) is 13.1 Å². The summed E-state index contributed by atoms with van der Waals surface area (Å²) in [7, 11) is -2.47. The van der Waals surface area contributed by atoms with E-state index in [0.29, 0.717) is 33.0 Å². The number of rotatable bonds is 2. The van der Waals surface area contributed by atoms with Gasteiger partial charge in [-0.2, -0.15) is 0 Å². The monoisotopic (exact) mass is 452 g/mol. The van der Waals surface area contributed by atoms with E-state index < -0.39 is 32.0 Å². The Bertz CT molecular complexity index is 1450. The van der Waals surface area contributed by atoms with Gasteiger partial charge < -0.3 is 9.47 Å². The maximum atomic E-state index is 12.4. The maximum Gasteiger partial charge on any atom is 0.346 e. The van der Waals surface area contributed by atoms with Gasteiger partial charge in [0.1, 0.15) is 8.07 Å². The third-order valence-corrected chi connectivity index (χ3v) is 10.2. The molecule has 0 bridgehead atoms. The average molecular weight is 452 g/mol. The van der Waals surface area contributed by atoms with Gasteiger partial charge in [0, 0.05) is 10.8 Å². The summed E-state index contributed by atoms with van der Waals surface area (Å²) in [5, 5.41) is 4.97. The highest BCUT2D eigenvalue weighted by Gasteiger charge is 2.36. The van der Waals surface area contributed by atoms with E-state index in [4.69, 9.17) is 9.47 Å². The molecule has 0 aromatic heterocycles. The van der Waals surface area contributed by atoms with Crippen LogP contribution in [0.15, 0.2) is 60.7 Å². The third-order valence-electron chi connectivity index (χ3n) is 6.68. The van der Waals surface area contributed by atoms with Crippen LogP contribution in [0.25, 0.3) is 21.5 Å². The Morgan fingerprint density at radius 3 is 1.27 bits per heavy atom. The lowest BCUT2D eigenvalue weighted by Crippen LogP contribution is -2.53. The molecule has 4 aromatic carbocycles. The van der Waals surface area contributed by atoms with Crippen LogP contribution in [-0.4, -0.2) is 32.0 Å². The minimum atomic E-state index is -2.47. The maximum absolute atomic E-state index is 12.4. The molecule has 0 saturated heterocycles. The van der Waals surface area contributed by atoms with Gasteiger partial charge in [0.2, 0.25) is 0 Å². The van der Waals surface area contributed by atoms with E-state index in [-0.39, 0.29) is 0 Å². The molecule has 2 aliphatic heterocycles. The van der Waals surface area contributed by atoms with Crippen molar-refractivity contribution in [3.63, 3.8) is 0 Å². The first-order valence-corrected chi connectivity index (χ1v) is 13.4. The van der Waals surface area contributed by atoms with Crippen LogP contribution in [0.4, 0.5) is 0 Å². The fourth-order valence-corrected chi connectivity index (χ4v) is 8.17. The van der Waals surface area contributed by atoms with Crippen molar-refractivity contribution in [1.82, 2.24) is 0 Å². The largest absolute Gasteiger partial charge is 0.386 e. The summed E-state index contributed by atoms with van der Waals surface area (Å²) >= 11 is 0. The number of carbonyl (C=O) groups is 4. The van der Waals surface area contributed by atoms with Crippen LogP contribution in [0, 0.1) is 0 Å². The van der Waals surface area contributed by atoms with Crippen molar-refractivity contribution in [2.24, 2.45) is 0 Å². The van der Waals surface area contributed by atoms with E-state index in [1.807, 2.05) is 24.3 Å². The molecule has 0 radical (unpaired) electrons. The van der Waals surface area contributed by atoms with Crippen LogP contribution in [-0.2, 0) is 9.47 Å². The van der Waals surface area contributed by atoms with Crippen LogP contribution in [0.3, 0.4) is 0 Å². The standard InChI is InChI=1S/C26H16O6Si/c1-33(2,19-11-9-17-21-13(19)5-3-7-15(21)23(27)31-25(17)29)20-12-10-18-22-14(20)6-4-8-16(22)24(28)32-26(18)30/h3-12H,1-2H3. The Balaban J connectivity index is 1.67. The Morgan fingerprint density at radius 1 is 0.515 bits per heavy atom. The zero-order chi connectivity index (χ0) is 23.1. The highest BCUT2D eigenvalue weighted by molar-refractivity contribution is 7.03. The van der Waals surface area contributed by atoms with Crippen molar-refractivity contribution in [3.05, 3.63) is 82.9 Å². The first-order valence-electron chi connectivity index (χ1n) is 10.4. The Hall–Kier alpha value is -4.10. The van der Waals surface area contributed by atoms with E-state index >= 15 is 0 Å². The second-order valence-electron chi connectivity index (χ2n) is 8.76. The Morgan fingerprint density at radius 2 is 0.879 bits per heavy atom. The summed E-state index contributed by atoms with van der Waals surface area (Å²) in [6.07, 6.45) is 0. The molecule has 0 spiro atoms. The third kappa shape index (κ3) is 2.54. The summed E-state index contributed by atoms with van der Waals surface area (Å²) in [4.78, 5) is 49.4. The predicted molar refractivity (Wildman–Crippen MR) is 124 cm³/mol. The molecule has 0 atom stereocenters. The van der Waals surface area contributed by atoms with E-state index in [1.165, 1.54) is 0 Å². The highest BCUT2D eigenvalue weighted by atomic mass is 28.3. The zero-order valence-corrected chi connectivity index (χ0v) is 18.7. The molecule has 0 N–H and O–H groups in total. The number of esters is 4. The van der Waals surface area contributed by atoms with E-state index in [9.17, 15) is 19.2 Å². The van der Waals surface area contributed by atoms with Crippen molar-refractivity contribution >= 4 is 63.9 Å². The zero-order valence-electron chi connectivity index (χ0n) is 17.7. The minimum Gasteiger partial charge on any atom is -0.386 e. The number of hydrogen-bond donors (Lipinski definition) is 0. The molecule has 0 fully saturated rings. The number of carbonyl (C=O) groups excluding carboxylic acids is 4. The summed E-state index contributed by atoms with van der Waals surface area (Å²) in [5.74, 6) is -2.58. The molecule has 7 heteroatoms. The average Bonchev–Trinajstić information content (AvgIpc) is 2.80. The molecule has 0 amide bonds. The van der Waals surface area contributed by atoms with Crippen LogP contribution in [0.1, 0.15) is 41.4 Å².